The zero-order valence-electron chi connectivity index (χ0n) is 10.5. The fraction of sp³-hybridized carbons (Fsp3) is 0.500. The van der Waals surface area contributed by atoms with Gasteiger partial charge >= 0.3 is 0 Å². The summed E-state index contributed by atoms with van der Waals surface area (Å²) in [5.74, 6) is 0. The Balaban J connectivity index is 0.00000162. The third kappa shape index (κ3) is 3.28. The van der Waals surface area contributed by atoms with Crippen LogP contribution in [0.25, 0.3) is 0 Å². The molecule has 102 valence electrons. The van der Waals surface area contributed by atoms with Gasteiger partial charge in [-0.2, -0.15) is 5.06 Å². The highest BCUT2D eigenvalue weighted by atomic mass is 35.5. The fourth-order valence-electron chi connectivity index (χ4n) is 2.02. The highest BCUT2D eigenvalue weighted by Gasteiger charge is 2.33. The molecule has 4 nitrogen and oxygen atoms in total. The molecule has 1 heterocycles. The molecule has 0 aliphatic carbocycles. The van der Waals surface area contributed by atoms with E-state index in [1.807, 2.05) is 18.2 Å². The fourth-order valence-corrected chi connectivity index (χ4v) is 2.33. The van der Waals surface area contributed by atoms with Crippen LogP contribution in [-0.2, 0) is 9.57 Å². The first-order chi connectivity index (χ1) is 8.26. The Labute approximate surface area is 119 Å². The van der Waals surface area contributed by atoms with Gasteiger partial charge in [0.1, 0.15) is 11.7 Å². The summed E-state index contributed by atoms with van der Waals surface area (Å²) in [6, 6.07) is 10.1. The number of methoxy groups -OCH3 is 1. The number of halogens is 2. The van der Waals surface area contributed by atoms with Crippen LogP contribution < -0.4 is 4.90 Å². The minimum absolute atomic E-state index is 0. The Morgan fingerprint density at radius 3 is 2.39 bits per heavy atom. The molecule has 1 saturated heterocycles. The summed E-state index contributed by atoms with van der Waals surface area (Å²) < 4.78 is 5.48. The highest BCUT2D eigenvalue weighted by molar-refractivity contribution is 6.20. The van der Waals surface area contributed by atoms with Crippen molar-refractivity contribution in [3.63, 3.8) is 0 Å². The Hall–Kier alpha value is -0.520. The number of alkyl halides is 1. The predicted molar refractivity (Wildman–Crippen MR) is 75.2 cm³/mol. The second kappa shape index (κ2) is 7.16. The van der Waals surface area contributed by atoms with Crippen molar-refractivity contribution in [2.45, 2.75) is 11.7 Å². The normalized spacial score (nSPS) is 24.7. The van der Waals surface area contributed by atoms with Crippen LogP contribution in [0.2, 0.25) is 0 Å². The molecule has 1 aliphatic heterocycles. The maximum Gasteiger partial charge on any atom is 0.145 e. The highest BCUT2D eigenvalue weighted by Crippen LogP contribution is 2.24. The number of hydrogen-bond donors (Lipinski definition) is 0. The van der Waals surface area contributed by atoms with Crippen LogP contribution in [0.15, 0.2) is 30.3 Å². The summed E-state index contributed by atoms with van der Waals surface area (Å²) in [6.07, 6.45) is -0.0488. The van der Waals surface area contributed by atoms with Crippen molar-refractivity contribution in [2.24, 2.45) is 0 Å². The molecule has 2 rings (SSSR count). The predicted octanol–water partition coefficient (Wildman–Crippen LogP) is 2.33. The molecule has 1 aliphatic rings. The zero-order chi connectivity index (χ0) is 12.3. The van der Waals surface area contributed by atoms with Crippen molar-refractivity contribution in [3.8, 4) is 0 Å². The van der Waals surface area contributed by atoms with Crippen LogP contribution in [0.4, 0.5) is 5.69 Å². The summed E-state index contributed by atoms with van der Waals surface area (Å²) in [6.45, 7) is 1.29. The van der Waals surface area contributed by atoms with E-state index in [1.165, 1.54) is 0 Å². The number of benzene rings is 1. The standard InChI is InChI=1S/C12H17ClN2O2.ClH/c1-16-12-9-15(17-2)11(13)8-14(12)10-6-4-3-5-7-10;/h3-7,11-12H,8-9H2,1-2H3;1H. The van der Waals surface area contributed by atoms with E-state index in [0.717, 1.165) is 5.69 Å². The molecule has 0 spiro atoms. The van der Waals surface area contributed by atoms with Gasteiger partial charge in [0.2, 0.25) is 0 Å². The second-order valence-electron chi connectivity index (χ2n) is 3.89. The number of hydrogen-bond acceptors (Lipinski definition) is 4. The lowest BCUT2D eigenvalue weighted by Gasteiger charge is -2.43. The Morgan fingerprint density at radius 2 is 1.83 bits per heavy atom. The van der Waals surface area contributed by atoms with Crippen molar-refractivity contribution in [1.82, 2.24) is 5.06 Å². The molecule has 0 radical (unpaired) electrons. The minimum Gasteiger partial charge on any atom is -0.360 e. The van der Waals surface area contributed by atoms with Crippen LogP contribution in [-0.4, -0.2) is 44.1 Å². The Kier molecular flexibility index (Phi) is 6.18. The van der Waals surface area contributed by atoms with E-state index < -0.39 is 0 Å². The summed E-state index contributed by atoms with van der Waals surface area (Å²) in [5, 5.41) is 1.73. The van der Waals surface area contributed by atoms with Gasteiger partial charge in [-0.1, -0.05) is 18.2 Å². The molecule has 1 fully saturated rings. The first kappa shape index (κ1) is 15.5. The summed E-state index contributed by atoms with van der Waals surface area (Å²) >= 11 is 6.25. The maximum atomic E-state index is 6.25. The third-order valence-electron chi connectivity index (χ3n) is 2.94. The van der Waals surface area contributed by atoms with Gasteiger partial charge in [0.15, 0.2) is 0 Å². The number of nitrogens with zero attached hydrogens (tertiary/aromatic N) is 2. The van der Waals surface area contributed by atoms with E-state index in [1.54, 1.807) is 19.3 Å². The largest absolute Gasteiger partial charge is 0.360 e. The van der Waals surface area contributed by atoms with Crippen LogP contribution in [0.1, 0.15) is 0 Å². The summed E-state index contributed by atoms with van der Waals surface area (Å²) in [4.78, 5) is 7.36. The Bertz CT molecular complexity index is 353. The first-order valence-corrected chi connectivity index (χ1v) is 5.99. The number of anilines is 1. The average molecular weight is 293 g/mol. The van der Waals surface area contributed by atoms with Gasteiger partial charge in [0, 0.05) is 12.8 Å². The van der Waals surface area contributed by atoms with Crippen LogP contribution >= 0.6 is 24.0 Å². The van der Waals surface area contributed by atoms with E-state index in [2.05, 4.69) is 17.0 Å². The third-order valence-corrected chi connectivity index (χ3v) is 3.29. The van der Waals surface area contributed by atoms with Crippen LogP contribution in [0.3, 0.4) is 0 Å². The quantitative estimate of drug-likeness (QED) is 0.631. The molecule has 0 amide bonds. The topological polar surface area (TPSA) is 24.9 Å². The number of para-hydroxylation sites is 1. The molecule has 0 N–H and O–H groups in total. The van der Waals surface area contributed by atoms with Crippen molar-refractivity contribution in [3.05, 3.63) is 30.3 Å². The molecule has 0 saturated carbocycles. The number of rotatable bonds is 3. The van der Waals surface area contributed by atoms with Gasteiger partial charge in [-0.3, -0.25) is 0 Å². The van der Waals surface area contributed by atoms with Crippen molar-refractivity contribution >= 4 is 29.7 Å². The molecule has 1 aromatic rings. The number of ether oxygens (including phenoxy) is 1. The van der Waals surface area contributed by atoms with Crippen molar-refractivity contribution in [1.29, 1.82) is 0 Å². The number of hydroxylamine groups is 2. The molecule has 2 unspecified atom stereocenters. The van der Waals surface area contributed by atoms with E-state index >= 15 is 0 Å². The van der Waals surface area contributed by atoms with E-state index in [-0.39, 0.29) is 24.1 Å². The van der Waals surface area contributed by atoms with E-state index in [4.69, 9.17) is 21.2 Å². The van der Waals surface area contributed by atoms with Gasteiger partial charge in [0.25, 0.3) is 0 Å². The van der Waals surface area contributed by atoms with Gasteiger partial charge in [-0.25, -0.2) is 0 Å². The molecule has 0 aromatic heterocycles. The molecule has 6 heteroatoms. The minimum atomic E-state index is -0.174. The van der Waals surface area contributed by atoms with Crippen LogP contribution in [0, 0.1) is 0 Å². The van der Waals surface area contributed by atoms with E-state index in [9.17, 15) is 0 Å². The maximum absolute atomic E-state index is 6.25. The summed E-state index contributed by atoms with van der Waals surface area (Å²) in [5.41, 5.74) is 0.937. The summed E-state index contributed by atoms with van der Waals surface area (Å²) in [7, 11) is 3.32. The SMILES string of the molecule is COC1CN(OC)C(Cl)CN1c1ccccc1.Cl. The smallest absolute Gasteiger partial charge is 0.145 e. The van der Waals surface area contributed by atoms with Crippen molar-refractivity contribution < 1.29 is 9.57 Å². The monoisotopic (exact) mass is 292 g/mol. The van der Waals surface area contributed by atoms with E-state index in [0.29, 0.717) is 13.1 Å². The molecule has 18 heavy (non-hydrogen) atoms. The number of piperazine rings is 1. The first-order valence-electron chi connectivity index (χ1n) is 5.55. The molecule has 0 bridgehead atoms. The van der Waals surface area contributed by atoms with Crippen LogP contribution in [0.5, 0.6) is 0 Å². The molecule has 2 atom stereocenters. The lowest BCUT2D eigenvalue weighted by molar-refractivity contribution is -0.173. The Morgan fingerprint density at radius 1 is 1.17 bits per heavy atom. The molecular weight excluding hydrogens is 275 g/mol. The lowest BCUT2D eigenvalue weighted by Crippen LogP contribution is -2.57. The van der Waals surface area contributed by atoms with Gasteiger partial charge < -0.3 is 14.5 Å². The van der Waals surface area contributed by atoms with Crippen molar-refractivity contribution in [2.75, 3.05) is 32.2 Å². The second-order valence-corrected chi connectivity index (χ2v) is 4.40. The van der Waals surface area contributed by atoms with Gasteiger partial charge in [-0.15, -0.1) is 24.0 Å². The van der Waals surface area contributed by atoms with Gasteiger partial charge in [-0.05, 0) is 12.1 Å². The zero-order valence-corrected chi connectivity index (χ0v) is 12.0. The molecule has 1 aromatic carbocycles. The lowest BCUT2D eigenvalue weighted by atomic mass is 10.2. The average Bonchev–Trinajstić information content (AvgIpc) is 2.39. The van der Waals surface area contributed by atoms with Gasteiger partial charge in [0.05, 0.1) is 20.2 Å². The molecular formula is C12H18Cl2N2O2.